The van der Waals surface area contributed by atoms with Crippen LogP contribution in [0.5, 0.6) is 0 Å². The molecule has 4 rings (SSSR count). The molecule has 1 saturated heterocycles. The average molecular weight is 352 g/mol. The van der Waals surface area contributed by atoms with Crippen molar-refractivity contribution < 1.29 is 9.21 Å². The fourth-order valence-corrected chi connectivity index (χ4v) is 3.14. The van der Waals surface area contributed by atoms with E-state index < -0.39 is 0 Å². The molecule has 1 aromatic carbocycles. The summed E-state index contributed by atoms with van der Waals surface area (Å²) in [5, 5.41) is 16.6. The fraction of sp³-hybridized carbons (Fsp3) is 0.389. The molecule has 0 aliphatic carbocycles. The van der Waals surface area contributed by atoms with Crippen LogP contribution in [0, 0.1) is 6.92 Å². The topological polar surface area (TPSA) is 89.9 Å². The second kappa shape index (κ2) is 6.70. The molecule has 1 fully saturated rings. The van der Waals surface area contributed by atoms with Crippen molar-refractivity contribution in [3.8, 4) is 23.0 Å². The molecule has 0 N–H and O–H groups in total. The Morgan fingerprint density at radius 1 is 1.08 bits per heavy atom. The van der Waals surface area contributed by atoms with E-state index in [0.29, 0.717) is 17.5 Å². The van der Waals surface area contributed by atoms with Crippen molar-refractivity contribution in [2.75, 3.05) is 13.1 Å². The number of hydrogen-bond donors (Lipinski definition) is 0. The number of carbonyl (C=O) groups is 1. The van der Waals surface area contributed by atoms with Gasteiger partial charge in [-0.3, -0.25) is 4.79 Å². The van der Waals surface area contributed by atoms with E-state index in [-0.39, 0.29) is 11.9 Å². The van der Waals surface area contributed by atoms with E-state index in [0.717, 1.165) is 31.5 Å². The number of aryl methyl sites for hydroxylation is 1. The predicted molar refractivity (Wildman–Crippen MR) is 94.0 cm³/mol. The van der Waals surface area contributed by atoms with Gasteiger partial charge in [-0.1, -0.05) is 22.9 Å². The highest BCUT2D eigenvalue weighted by atomic mass is 16.4. The lowest BCUT2D eigenvalue weighted by Gasteiger charge is -2.30. The molecule has 3 heterocycles. The van der Waals surface area contributed by atoms with E-state index in [1.54, 1.807) is 6.92 Å². The molecule has 26 heavy (non-hydrogen) atoms. The van der Waals surface area contributed by atoms with Crippen LogP contribution < -0.4 is 0 Å². The van der Waals surface area contributed by atoms with Gasteiger partial charge in [-0.25, -0.2) is 4.68 Å². The first kappa shape index (κ1) is 16.4. The lowest BCUT2D eigenvalue weighted by Crippen LogP contribution is -2.37. The van der Waals surface area contributed by atoms with Crippen molar-refractivity contribution in [2.45, 2.75) is 32.7 Å². The molecule has 0 atom stereocenters. The molecule has 2 aromatic heterocycles. The second-order valence-corrected chi connectivity index (χ2v) is 6.60. The van der Waals surface area contributed by atoms with E-state index in [4.69, 9.17) is 4.42 Å². The Kier molecular flexibility index (Phi) is 4.24. The highest BCUT2D eigenvalue weighted by Crippen LogP contribution is 2.26. The van der Waals surface area contributed by atoms with Crippen LogP contribution in [0.2, 0.25) is 0 Å². The van der Waals surface area contributed by atoms with E-state index in [2.05, 4.69) is 20.5 Å². The summed E-state index contributed by atoms with van der Waals surface area (Å²) in [5.41, 5.74) is 2.61. The summed E-state index contributed by atoms with van der Waals surface area (Å²) >= 11 is 0. The van der Waals surface area contributed by atoms with Gasteiger partial charge >= 0.3 is 0 Å². The van der Waals surface area contributed by atoms with Crippen molar-refractivity contribution in [3.05, 3.63) is 36.0 Å². The summed E-state index contributed by atoms with van der Waals surface area (Å²) in [4.78, 5) is 13.3. The van der Waals surface area contributed by atoms with Crippen molar-refractivity contribution in [1.29, 1.82) is 0 Å². The minimum atomic E-state index is 0.122. The quantitative estimate of drug-likeness (QED) is 0.719. The molecule has 1 amide bonds. The van der Waals surface area contributed by atoms with Gasteiger partial charge in [0.2, 0.25) is 11.8 Å². The number of likely N-dealkylation sites (tertiary alicyclic amines) is 1. The van der Waals surface area contributed by atoms with Crippen LogP contribution in [-0.4, -0.2) is 49.1 Å². The average Bonchev–Trinajstić information content (AvgIpc) is 3.32. The van der Waals surface area contributed by atoms with Gasteiger partial charge < -0.3 is 9.32 Å². The molecule has 3 aromatic rings. The zero-order chi connectivity index (χ0) is 18.1. The van der Waals surface area contributed by atoms with E-state index in [1.807, 2.05) is 47.0 Å². The molecule has 0 spiro atoms. The Morgan fingerprint density at radius 2 is 1.77 bits per heavy atom. The van der Waals surface area contributed by atoms with Crippen LogP contribution in [0.4, 0.5) is 0 Å². The minimum Gasteiger partial charge on any atom is -0.414 e. The molecular weight excluding hydrogens is 332 g/mol. The summed E-state index contributed by atoms with van der Waals surface area (Å²) in [5.74, 6) is 0.939. The largest absolute Gasteiger partial charge is 0.414 e. The Labute approximate surface area is 150 Å². The first-order valence-electron chi connectivity index (χ1n) is 8.68. The number of amides is 1. The molecule has 0 radical (unpaired) electrons. The van der Waals surface area contributed by atoms with Gasteiger partial charge in [0.1, 0.15) is 0 Å². The Morgan fingerprint density at radius 3 is 2.46 bits per heavy atom. The number of benzene rings is 1. The van der Waals surface area contributed by atoms with Crippen LogP contribution in [-0.2, 0) is 4.79 Å². The van der Waals surface area contributed by atoms with Crippen molar-refractivity contribution in [3.63, 3.8) is 0 Å². The summed E-state index contributed by atoms with van der Waals surface area (Å²) in [6.07, 6.45) is 3.56. The second-order valence-electron chi connectivity index (χ2n) is 6.60. The number of piperidine rings is 1. The van der Waals surface area contributed by atoms with Gasteiger partial charge in [0.15, 0.2) is 5.69 Å². The van der Waals surface area contributed by atoms with Crippen LogP contribution in [0.25, 0.3) is 23.0 Å². The van der Waals surface area contributed by atoms with Crippen LogP contribution >= 0.6 is 0 Å². The minimum absolute atomic E-state index is 0.122. The number of aromatic nitrogens is 5. The highest BCUT2D eigenvalue weighted by Gasteiger charge is 2.24. The summed E-state index contributed by atoms with van der Waals surface area (Å²) < 4.78 is 7.59. The zero-order valence-electron chi connectivity index (χ0n) is 14.8. The van der Waals surface area contributed by atoms with E-state index in [9.17, 15) is 4.79 Å². The lowest BCUT2D eigenvalue weighted by molar-refractivity contribution is -0.130. The summed E-state index contributed by atoms with van der Waals surface area (Å²) in [6, 6.07) is 8.14. The smallest absolute Gasteiger partial charge is 0.270 e. The van der Waals surface area contributed by atoms with Gasteiger partial charge in [0.05, 0.1) is 12.2 Å². The predicted octanol–water partition coefficient (Wildman–Crippen LogP) is 2.49. The first-order chi connectivity index (χ1) is 12.6. The van der Waals surface area contributed by atoms with Crippen LogP contribution in [0.15, 0.2) is 34.9 Å². The van der Waals surface area contributed by atoms with Gasteiger partial charge in [0.25, 0.3) is 5.89 Å². The number of nitrogens with zero attached hydrogens (tertiary/aromatic N) is 6. The van der Waals surface area contributed by atoms with Crippen LogP contribution in [0.3, 0.4) is 0 Å². The molecule has 8 nitrogen and oxygen atoms in total. The third kappa shape index (κ3) is 3.22. The van der Waals surface area contributed by atoms with Gasteiger partial charge in [-0.15, -0.1) is 15.3 Å². The van der Waals surface area contributed by atoms with Crippen molar-refractivity contribution >= 4 is 5.91 Å². The number of rotatable bonds is 3. The van der Waals surface area contributed by atoms with Crippen LogP contribution in [0.1, 0.15) is 31.4 Å². The Balaban J connectivity index is 1.48. The normalized spacial score (nSPS) is 15.4. The molecule has 0 bridgehead atoms. The maximum Gasteiger partial charge on any atom is 0.270 e. The molecule has 1 aliphatic rings. The lowest BCUT2D eigenvalue weighted by atomic mass is 10.1. The molecule has 1 aliphatic heterocycles. The molecular formula is C18H20N6O2. The maximum absolute atomic E-state index is 11.4. The Bertz CT molecular complexity index is 906. The molecule has 8 heteroatoms. The maximum atomic E-state index is 11.4. The summed E-state index contributed by atoms with van der Waals surface area (Å²) in [6.45, 7) is 5.12. The molecule has 0 saturated carbocycles. The van der Waals surface area contributed by atoms with Crippen molar-refractivity contribution in [2.24, 2.45) is 0 Å². The molecule has 0 unspecified atom stereocenters. The van der Waals surface area contributed by atoms with E-state index >= 15 is 0 Å². The summed E-state index contributed by atoms with van der Waals surface area (Å²) in [7, 11) is 0. The monoisotopic (exact) mass is 352 g/mol. The molecule has 134 valence electrons. The Hall–Kier alpha value is -3.03. The third-order valence-electron chi connectivity index (χ3n) is 4.74. The van der Waals surface area contributed by atoms with Gasteiger partial charge in [0, 0.05) is 25.6 Å². The first-order valence-corrected chi connectivity index (χ1v) is 8.68. The highest BCUT2D eigenvalue weighted by molar-refractivity contribution is 5.73. The fourth-order valence-electron chi connectivity index (χ4n) is 3.14. The number of carbonyl (C=O) groups excluding carboxylic acids is 1. The standard InChI is InChI=1S/C18H20N6O2/c1-12-3-5-14(6-4-12)17-20-21-18(26-17)16-11-24(22-19-16)15-7-9-23(10-8-15)13(2)25/h3-6,11,15H,7-10H2,1-2H3. The van der Waals surface area contributed by atoms with E-state index in [1.165, 1.54) is 5.56 Å². The van der Waals surface area contributed by atoms with Gasteiger partial charge in [-0.2, -0.15) is 0 Å². The SMILES string of the molecule is CC(=O)N1CCC(n2cc(-c3nnc(-c4ccc(C)cc4)o3)nn2)CC1. The van der Waals surface area contributed by atoms with Crippen molar-refractivity contribution in [1.82, 2.24) is 30.1 Å². The number of hydrogen-bond acceptors (Lipinski definition) is 6. The van der Waals surface area contributed by atoms with Gasteiger partial charge in [-0.05, 0) is 31.9 Å². The third-order valence-corrected chi connectivity index (χ3v) is 4.74. The zero-order valence-corrected chi connectivity index (χ0v) is 14.8.